The Kier molecular flexibility index (Phi) is 2.13. The first-order chi connectivity index (χ1) is 4.24. The summed E-state index contributed by atoms with van der Waals surface area (Å²) in [5, 5.41) is 0.872. The Morgan fingerprint density at radius 2 is 2.44 bits per heavy atom. The average molecular weight is 206 g/mol. The van der Waals surface area contributed by atoms with Crippen LogP contribution in [-0.4, -0.2) is 0 Å². The summed E-state index contributed by atoms with van der Waals surface area (Å²) in [5.74, 6) is 0. The first-order valence-electron chi connectivity index (χ1n) is 2.65. The topological polar surface area (TPSA) is 26.0 Å². The maximum atomic E-state index is 5.63. The van der Waals surface area contributed by atoms with Gasteiger partial charge in [0, 0.05) is 20.8 Å². The number of thiophene rings is 1. The molecule has 1 aromatic heterocycles. The van der Waals surface area contributed by atoms with Crippen LogP contribution in [0.25, 0.3) is 0 Å². The van der Waals surface area contributed by atoms with Gasteiger partial charge in [0.25, 0.3) is 0 Å². The molecule has 1 heterocycles. The molecule has 1 aromatic rings. The molecule has 0 aromatic carbocycles. The highest BCUT2D eigenvalue weighted by Crippen LogP contribution is 2.25. The molecule has 0 aliphatic carbocycles. The Labute approximate surface area is 67.0 Å². The van der Waals surface area contributed by atoms with Gasteiger partial charge in [-0.1, -0.05) is 15.9 Å². The van der Waals surface area contributed by atoms with E-state index >= 15 is 0 Å². The van der Waals surface area contributed by atoms with Crippen LogP contribution in [0.4, 0.5) is 5.69 Å². The Bertz CT molecular complexity index is 207. The van der Waals surface area contributed by atoms with Crippen LogP contribution in [0.15, 0.2) is 6.07 Å². The molecule has 0 atom stereocenters. The third-order valence-electron chi connectivity index (χ3n) is 1.09. The lowest BCUT2D eigenvalue weighted by Gasteiger charge is -1.86. The zero-order chi connectivity index (χ0) is 6.85. The predicted molar refractivity (Wildman–Crippen MR) is 46.1 cm³/mol. The van der Waals surface area contributed by atoms with Gasteiger partial charge in [0.15, 0.2) is 0 Å². The average Bonchev–Trinajstić information content (AvgIpc) is 2.10. The molecule has 0 amide bonds. The lowest BCUT2D eigenvalue weighted by Crippen LogP contribution is -1.82. The molecular formula is C6H8BrNS. The van der Waals surface area contributed by atoms with Gasteiger partial charge in [-0.2, -0.15) is 0 Å². The van der Waals surface area contributed by atoms with Crippen molar-refractivity contribution in [2.24, 2.45) is 0 Å². The number of rotatable bonds is 1. The van der Waals surface area contributed by atoms with Crippen LogP contribution in [0.3, 0.4) is 0 Å². The largest absolute Gasteiger partial charge is 0.398 e. The fourth-order valence-electron chi connectivity index (χ4n) is 0.687. The summed E-state index contributed by atoms with van der Waals surface area (Å²) in [7, 11) is 0. The zero-order valence-electron chi connectivity index (χ0n) is 5.15. The van der Waals surface area contributed by atoms with Crippen molar-refractivity contribution < 1.29 is 0 Å². The first-order valence-corrected chi connectivity index (χ1v) is 4.58. The van der Waals surface area contributed by atoms with Crippen LogP contribution < -0.4 is 5.73 Å². The fourth-order valence-corrected chi connectivity index (χ4v) is 2.16. The van der Waals surface area contributed by atoms with Gasteiger partial charge < -0.3 is 5.73 Å². The van der Waals surface area contributed by atoms with Crippen molar-refractivity contribution in [1.82, 2.24) is 0 Å². The van der Waals surface area contributed by atoms with Crippen molar-refractivity contribution in [3.05, 3.63) is 15.8 Å². The number of halogens is 1. The molecule has 9 heavy (non-hydrogen) atoms. The van der Waals surface area contributed by atoms with Crippen molar-refractivity contribution in [1.29, 1.82) is 0 Å². The summed E-state index contributed by atoms with van der Waals surface area (Å²) in [6.45, 7) is 2.06. The molecular weight excluding hydrogens is 198 g/mol. The molecule has 0 aliphatic rings. The highest BCUT2D eigenvalue weighted by atomic mass is 79.9. The molecule has 2 N–H and O–H groups in total. The molecule has 1 nitrogen and oxygen atoms in total. The Balaban J connectivity index is 3.01. The molecule has 0 unspecified atom stereocenters. The van der Waals surface area contributed by atoms with Crippen LogP contribution in [-0.2, 0) is 5.33 Å². The van der Waals surface area contributed by atoms with E-state index < -0.39 is 0 Å². The minimum atomic E-state index is 0.872. The normalized spacial score (nSPS) is 10.0. The number of hydrogen-bond acceptors (Lipinski definition) is 2. The number of anilines is 1. The quantitative estimate of drug-likeness (QED) is 0.702. The van der Waals surface area contributed by atoms with Crippen molar-refractivity contribution in [2.45, 2.75) is 12.3 Å². The summed E-state index contributed by atoms with van der Waals surface area (Å²) in [6, 6.07) is 2.00. The van der Waals surface area contributed by atoms with Crippen LogP contribution in [0, 0.1) is 6.92 Å². The first kappa shape index (κ1) is 7.09. The highest BCUT2D eigenvalue weighted by Gasteiger charge is 1.99. The smallest absolute Gasteiger partial charge is 0.0466 e. The van der Waals surface area contributed by atoms with Crippen molar-refractivity contribution in [3.63, 3.8) is 0 Å². The second kappa shape index (κ2) is 2.71. The molecule has 0 saturated carbocycles. The number of hydrogen-bond donors (Lipinski definition) is 1. The second-order valence-electron chi connectivity index (χ2n) is 1.87. The standard InChI is InChI=1S/C6H8BrNS/c1-4-2-5(8)6(3-7)9-4/h2H,3,8H2,1H3. The number of aryl methyl sites for hydroxylation is 1. The van der Waals surface area contributed by atoms with Gasteiger partial charge in [-0.25, -0.2) is 0 Å². The van der Waals surface area contributed by atoms with E-state index in [1.54, 1.807) is 11.3 Å². The van der Waals surface area contributed by atoms with Crippen molar-refractivity contribution in [2.75, 3.05) is 5.73 Å². The molecule has 0 spiro atoms. The van der Waals surface area contributed by atoms with E-state index in [1.807, 2.05) is 6.07 Å². The van der Waals surface area contributed by atoms with Crippen LogP contribution in [0.2, 0.25) is 0 Å². The summed E-state index contributed by atoms with van der Waals surface area (Å²) >= 11 is 5.09. The summed E-state index contributed by atoms with van der Waals surface area (Å²) in [6.07, 6.45) is 0. The Hall–Kier alpha value is -0.0200. The molecule has 3 heteroatoms. The van der Waals surface area contributed by atoms with Crippen molar-refractivity contribution in [3.8, 4) is 0 Å². The lowest BCUT2D eigenvalue weighted by molar-refractivity contribution is 1.57. The number of nitrogen functional groups attached to an aromatic ring is 1. The van der Waals surface area contributed by atoms with Crippen LogP contribution in [0.5, 0.6) is 0 Å². The monoisotopic (exact) mass is 205 g/mol. The second-order valence-corrected chi connectivity index (χ2v) is 3.77. The summed E-state index contributed by atoms with van der Waals surface area (Å²) in [4.78, 5) is 2.51. The maximum absolute atomic E-state index is 5.63. The van der Waals surface area contributed by atoms with E-state index in [9.17, 15) is 0 Å². The molecule has 1 rings (SSSR count). The van der Waals surface area contributed by atoms with Crippen LogP contribution in [0.1, 0.15) is 9.75 Å². The molecule has 0 radical (unpaired) electrons. The van der Waals surface area contributed by atoms with E-state index in [0.717, 1.165) is 11.0 Å². The summed E-state index contributed by atoms with van der Waals surface area (Å²) in [5.41, 5.74) is 6.54. The lowest BCUT2D eigenvalue weighted by atomic mass is 10.4. The van der Waals surface area contributed by atoms with Gasteiger partial charge in [0.05, 0.1) is 0 Å². The minimum absolute atomic E-state index is 0.872. The van der Waals surface area contributed by atoms with E-state index in [0.29, 0.717) is 0 Å². The van der Waals surface area contributed by atoms with Gasteiger partial charge >= 0.3 is 0 Å². The minimum Gasteiger partial charge on any atom is -0.398 e. The predicted octanol–water partition coefficient (Wildman–Crippen LogP) is 2.53. The molecule has 0 fully saturated rings. The van der Waals surface area contributed by atoms with Crippen LogP contribution >= 0.6 is 27.3 Å². The maximum Gasteiger partial charge on any atom is 0.0466 e. The van der Waals surface area contributed by atoms with Gasteiger partial charge in [-0.15, -0.1) is 11.3 Å². The summed E-state index contributed by atoms with van der Waals surface area (Å²) < 4.78 is 0. The Morgan fingerprint density at radius 1 is 1.78 bits per heavy atom. The van der Waals surface area contributed by atoms with Gasteiger partial charge in [-0.3, -0.25) is 0 Å². The van der Waals surface area contributed by atoms with E-state index in [2.05, 4.69) is 22.9 Å². The third-order valence-corrected chi connectivity index (χ3v) is 3.08. The van der Waals surface area contributed by atoms with Gasteiger partial charge in [-0.05, 0) is 13.0 Å². The number of alkyl halides is 1. The van der Waals surface area contributed by atoms with E-state index in [1.165, 1.54) is 9.75 Å². The Morgan fingerprint density at radius 3 is 2.67 bits per heavy atom. The van der Waals surface area contributed by atoms with E-state index in [-0.39, 0.29) is 0 Å². The van der Waals surface area contributed by atoms with E-state index in [4.69, 9.17) is 5.73 Å². The molecule has 50 valence electrons. The molecule has 0 aliphatic heterocycles. The van der Waals surface area contributed by atoms with Gasteiger partial charge in [0.2, 0.25) is 0 Å². The number of nitrogens with two attached hydrogens (primary N) is 1. The highest BCUT2D eigenvalue weighted by molar-refractivity contribution is 9.08. The fraction of sp³-hybridized carbons (Fsp3) is 0.333. The van der Waals surface area contributed by atoms with Gasteiger partial charge in [0.1, 0.15) is 0 Å². The molecule has 0 bridgehead atoms. The van der Waals surface area contributed by atoms with Crippen molar-refractivity contribution >= 4 is 33.0 Å². The SMILES string of the molecule is Cc1cc(N)c(CBr)s1. The third kappa shape index (κ3) is 1.46. The molecule has 0 saturated heterocycles. The zero-order valence-corrected chi connectivity index (χ0v) is 7.55.